The summed E-state index contributed by atoms with van der Waals surface area (Å²) >= 11 is 0. The summed E-state index contributed by atoms with van der Waals surface area (Å²) in [5, 5.41) is 29.8. The molecule has 1 fully saturated rings. The summed E-state index contributed by atoms with van der Waals surface area (Å²) in [5.41, 5.74) is 9.66. The van der Waals surface area contributed by atoms with Gasteiger partial charge in [-0.2, -0.15) is 15.3 Å². The SMILES string of the molecule is CC.CC.CC.CC.CC.CC.CC.CC.CC.CC.CC.CC.CC.CC.CC.CC.CC.CC.CC.CC.CC.CC.CC.CC.CC.CC.CC.CC.CC.CC.CC.CC.CC1C=NOC1.CC1CC=NO1.CC1CCNO1.Cc1cc[nH]c1.Cc1ccn[nH]1.Cc1ccn[nH]1.Cc1ccno1.Cc1cn[nH]c1.Cc1cnc[nH]1.Cc1cnc[nH]1.Cc1ncc[nH]1.Cc1ncco1. The van der Waals surface area contributed by atoms with E-state index in [4.69, 9.17) is 14.1 Å². The Balaban J connectivity index is -0.0000000275. The molecule has 0 aliphatic carbocycles. The van der Waals surface area contributed by atoms with Gasteiger partial charge in [-0.25, -0.2) is 25.4 Å². The number of rotatable bonds is 0. The van der Waals surface area contributed by atoms with Crippen molar-refractivity contribution in [2.75, 3.05) is 13.2 Å². The van der Waals surface area contributed by atoms with E-state index in [0.29, 0.717) is 18.1 Å². The fraction of sp³-hybridized carbons (Fsp3) is 0.735. The highest BCUT2D eigenvalue weighted by Gasteiger charge is 2.07. The van der Waals surface area contributed by atoms with Crippen molar-refractivity contribution < 1.29 is 23.5 Å². The fourth-order valence-electron chi connectivity index (χ4n) is 4.20. The van der Waals surface area contributed by atoms with Gasteiger partial charge in [-0.3, -0.25) is 20.1 Å². The first kappa shape index (κ1) is 224. The van der Waals surface area contributed by atoms with E-state index < -0.39 is 0 Å². The largest absolute Gasteiger partial charge is 0.449 e. The number of oxazole rings is 1. The maximum atomic E-state index is 4.90. The Hall–Kier alpha value is -8.18. The molecule has 9 aromatic heterocycles. The van der Waals surface area contributed by atoms with Gasteiger partial charge >= 0.3 is 0 Å². The van der Waals surface area contributed by atoms with Gasteiger partial charge in [-0.15, -0.1) is 0 Å². The molecule has 3 aliphatic rings. The topological polar surface area (TPSA) is 304 Å². The molecule has 8 N–H and O–H groups in total. The van der Waals surface area contributed by atoms with Crippen molar-refractivity contribution >= 4 is 12.4 Å². The fourth-order valence-corrected chi connectivity index (χ4v) is 4.20. The van der Waals surface area contributed by atoms with Crippen LogP contribution in [0.4, 0.5) is 0 Å². The Bertz CT molecular complexity index is 1950. The average Bonchev–Trinajstić information content (AvgIpc) is 2.06. The molecule has 0 spiro atoms. The molecule has 9 aromatic rings. The van der Waals surface area contributed by atoms with Gasteiger partial charge in [-0.05, 0) is 105 Å². The van der Waals surface area contributed by atoms with Crippen molar-refractivity contribution in [1.29, 1.82) is 0 Å². The van der Waals surface area contributed by atoms with Crippen LogP contribution in [0, 0.1) is 68.2 Å². The number of imidazole rings is 3. The van der Waals surface area contributed by atoms with Crippen LogP contribution >= 0.6 is 0 Å². The molecule has 1 saturated heterocycles. The molecule has 0 aromatic carbocycles. The van der Waals surface area contributed by atoms with Crippen LogP contribution < -0.4 is 5.48 Å². The van der Waals surface area contributed by atoms with E-state index in [2.05, 4.69) is 122 Å². The smallest absolute Gasteiger partial charge is 0.190 e. The summed E-state index contributed by atoms with van der Waals surface area (Å²) in [4.78, 5) is 41.0. The van der Waals surface area contributed by atoms with Gasteiger partial charge in [0.1, 0.15) is 30.6 Å². The molecule has 3 atom stereocenters. The Morgan fingerprint density at radius 3 is 0.779 bits per heavy atom. The van der Waals surface area contributed by atoms with Crippen LogP contribution in [0.1, 0.15) is 528 Å². The summed E-state index contributed by atoms with van der Waals surface area (Å²) < 4.78 is 9.31. The number of hydrogen-bond donors (Lipinski definition) is 8. The molecule has 0 saturated carbocycles. The van der Waals surface area contributed by atoms with E-state index >= 15 is 0 Å². The maximum Gasteiger partial charge on any atom is 0.190 e. The van der Waals surface area contributed by atoms with Crippen LogP contribution in [0.15, 0.2) is 137 Å². The van der Waals surface area contributed by atoms with Crippen molar-refractivity contribution in [2.24, 2.45) is 16.2 Å². The first-order chi connectivity index (χ1) is 66.7. The van der Waals surface area contributed by atoms with Gasteiger partial charge in [0.25, 0.3) is 0 Å². The molecule has 840 valence electrons. The Labute approximate surface area is 861 Å². The van der Waals surface area contributed by atoms with Crippen molar-refractivity contribution in [3.8, 4) is 0 Å². The van der Waals surface area contributed by atoms with Crippen LogP contribution in [0.25, 0.3) is 0 Å². The third kappa shape index (κ3) is 341. The monoisotopic (exact) mass is 1960 g/mol. The number of nitrogens with zero attached hydrogens (tertiary/aromatic N) is 10. The third-order valence-corrected chi connectivity index (χ3v) is 8.11. The Morgan fingerprint density at radius 2 is 0.706 bits per heavy atom. The van der Waals surface area contributed by atoms with Crippen molar-refractivity contribution in [3.63, 3.8) is 0 Å². The first-order valence-electron chi connectivity index (χ1n) is 55.0. The number of aromatic amines is 7. The molecule has 0 amide bonds. The molecule has 12 rings (SSSR count). The minimum atomic E-state index is 0.324. The highest BCUT2D eigenvalue weighted by atomic mass is 16.7. The van der Waals surface area contributed by atoms with E-state index in [-0.39, 0.29) is 0 Å². The highest BCUT2D eigenvalue weighted by molar-refractivity contribution is 5.60. The van der Waals surface area contributed by atoms with Gasteiger partial charge in [0.15, 0.2) is 5.89 Å². The molecular formula is C113H268N18O5. The number of hydrogen-bond acceptors (Lipinski definition) is 16. The van der Waals surface area contributed by atoms with Crippen LogP contribution in [0.2, 0.25) is 0 Å². The molecule has 23 nitrogen and oxygen atoms in total. The summed E-state index contributed by atoms with van der Waals surface area (Å²) in [6.07, 6.45) is 32.6. The standard InChI is InChI=1S/C5H7N.6C4H6N2.C4H7NO.C4H5NO.C4H9NO.C4H7NO.C4H5NO.32C2H6/c1-5-2-3-6-4-5;2*1-4-2-5-3-6-4;1-4-2-5-6-3-4;1-4-5-2-3-6-4;2*1-4-2-3-5-6-4;1-4-2-5-6-3-4;1-4-5-2-3-6-4;3*1-4-2-3-5-6-4;32*1-2/h2-4,6H,1H3;6*2-3H,1H3,(H,5,6);2,4H,3H2,1H3;2-3H,1H3;4-5H,2-3H2,1H3;3-4H,2H2,1H3;2-3H,1H3;32*1-2H3. The molecular weight excluding hydrogens is 1690 g/mol. The summed E-state index contributed by atoms with van der Waals surface area (Å²) in [6.45, 7) is 153. The third-order valence-electron chi connectivity index (χ3n) is 8.11. The molecule has 23 heteroatoms. The van der Waals surface area contributed by atoms with Crippen molar-refractivity contribution in [1.82, 2.24) is 81.1 Å². The number of H-pyrrole nitrogens is 7. The number of nitrogens with one attached hydrogen (secondary N) is 8. The zero-order chi connectivity index (χ0) is 117. The van der Waals surface area contributed by atoms with Gasteiger partial charge in [0.05, 0.1) is 43.6 Å². The van der Waals surface area contributed by atoms with Crippen LogP contribution in [0.3, 0.4) is 0 Å². The van der Waals surface area contributed by atoms with E-state index in [0.717, 1.165) is 66.2 Å². The van der Waals surface area contributed by atoms with E-state index in [1.54, 1.807) is 100 Å². The Morgan fingerprint density at radius 1 is 0.338 bits per heavy atom. The second-order valence-corrected chi connectivity index (χ2v) is 15.5. The molecule has 0 radical (unpaired) electrons. The lowest BCUT2D eigenvalue weighted by atomic mass is 10.2. The second-order valence-electron chi connectivity index (χ2n) is 15.5. The predicted octanol–water partition coefficient (Wildman–Crippen LogP) is 42.2. The van der Waals surface area contributed by atoms with Crippen LogP contribution in [0.5, 0.6) is 0 Å². The lowest BCUT2D eigenvalue weighted by molar-refractivity contribution is 0.0453. The van der Waals surface area contributed by atoms with E-state index in [1.165, 1.54) is 11.1 Å². The van der Waals surface area contributed by atoms with Crippen LogP contribution in [-0.2, 0) is 14.5 Å². The van der Waals surface area contributed by atoms with E-state index in [9.17, 15) is 0 Å². The minimum Gasteiger partial charge on any atom is -0.449 e. The van der Waals surface area contributed by atoms with Crippen molar-refractivity contribution in [3.05, 3.63) is 169 Å². The molecule has 136 heavy (non-hydrogen) atoms. The zero-order valence-corrected chi connectivity index (χ0v) is 108. The minimum absolute atomic E-state index is 0.324. The molecule has 3 unspecified atom stereocenters. The molecule has 3 aliphatic heterocycles. The second kappa shape index (κ2) is 349. The predicted molar refractivity (Wildman–Crippen MR) is 642 cm³/mol. The Kier molecular flexibility index (Phi) is 575. The van der Waals surface area contributed by atoms with Crippen molar-refractivity contribution in [2.45, 2.75) is 551 Å². The molecule has 0 bridgehead atoms. The van der Waals surface area contributed by atoms with Gasteiger partial charge in [-0.1, -0.05) is 466 Å². The summed E-state index contributed by atoms with van der Waals surface area (Å²) in [7, 11) is 0. The summed E-state index contributed by atoms with van der Waals surface area (Å²) in [6, 6.07) is 7.67. The number of aryl methyl sites for hydroxylation is 9. The quantitative estimate of drug-likeness (QED) is 0.0700. The first-order valence-corrected chi connectivity index (χ1v) is 55.0. The molecule has 12 heterocycles. The number of hydroxylamine groups is 1. The maximum absolute atomic E-state index is 4.90. The number of aromatic nitrogens is 15. The number of oxime groups is 2. The highest BCUT2D eigenvalue weighted by Crippen LogP contribution is 2.01. The zero-order valence-electron chi connectivity index (χ0n) is 108. The normalized spacial score (nSPS) is 9.13. The van der Waals surface area contributed by atoms with E-state index in [1.807, 2.05) is 535 Å². The van der Waals surface area contributed by atoms with Gasteiger partial charge in [0, 0.05) is 117 Å². The average molecular weight is 1960 g/mol. The summed E-state index contributed by atoms with van der Waals surface area (Å²) in [5.74, 6) is 3.07. The lowest BCUT2D eigenvalue weighted by Gasteiger charge is -1.93. The van der Waals surface area contributed by atoms with Gasteiger partial charge in [0.2, 0.25) is 0 Å². The van der Waals surface area contributed by atoms with Gasteiger partial charge < -0.3 is 38.6 Å². The lowest BCUT2D eigenvalue weighted by Crippen LogP contribution is -2.05. The van der Waals surface area contributed by atoms with Crippen LogP contribution in [-0.4, -0.2) is 113 Å².